The molecule has 4 heteroatoms. The highest BCUT2D eigenvalue weighted by Gasteiger charge is 2.27. The van der Waals surface area contributed by atoms with Crippen LogP contribution in [-0.4, -0.2) is 22.9 Å². The fraction of sp³-hybridized carbons (Fsp3) is 0.192. The predicted octanol–water partition coefficient (Wildman–Crippen LogP) is 4.19. The molecule has 1 atom stereocenters. The molecule has 3 aliphatic rings. The number of hydrogen-bond acceptors (Lipinski definition) is 2. The van der Waals surface area contributed by atoms with E-state index in [1.165, 1.54) is 11.1 Å². The zero-order valence-electron chi connectivity index (χ0n) is 16.8. The van der Waals surface area contributed by atoms with E-state index in [4.69, 9.17) is 0 Å². The normalized spacial score (nSPS) is 19.3. The van der Waals surface area contributed by atoms with Crippen molar-refractivity contribution in [2.45, 2.75) is 26.4 Å². The molecule has 30 heavy (non-hydrogen) atoms. The molecule has 5 rings (SSSR count). The van der Waals surface area contributed by atoms with Gasteiger partial charge in [-0.15, -0.1) is 0 Å². The first kappa shape index (κ1) is 18.5. The fourth-order valence-corrected chi connectivity index (χ4v) is 4.46. The first-order valence-electron chi connectivity index (χ1n) is 10.2. The van der Waals surface area contributed by atoms with Crippen molar-refractivity contribution in [1.82, 2.24) is 4.90 Å². The van der Waals surface area contributed by atoms with Crippen LogP contribution < -0.4 is 0 Å². The van der Waals surface area contributed by atoms with E-state index >= 15 is 0 Å². The number of aryl methyl sites for hydroxylation is 1. The van der Waals surface area contributed by atoms with Crippen LogP contribution in [0.4, 0.5) is 0 Å². The van der Waals surface area contributed by atoms with Gasteiger partial charge in [-0.3, -0.25) is 9.59 Å². The van der Waals surface area contributed by atoms with E-state index in [9.17, 15) is 9.59 Å². The van der Waals surface area contributed by atoms with Gasteiger partial charge in [0.15, 0.2) is 0 Å². The minimum atomic E-state index is -0.299. The molecule has 0 radical (unpaired) electrons. The van der Waals surface area contributed by atoms with Gasteiger partial charge in [-0.25, -0.2) is 4.99 Å². The van der Waals surface area contributed by atoms with E-state index in [0.717, 1.165) is 27.8 Å². The van der Waals surface area contributed by atoms with Crippen LogP contribution in [0.3, 0.4) is 0 Å². The monoisotopic (exact) mass is 394 g/mol. The van der Waals surface area contributed by atoms with Gasteiger partial charge in [0.25, 0.3) is 5.91 Å². The number of fused-ring (bicyclic) bond motifs is 2. The zero-order chi connectivity index (χ0) is 20.7. The van der Waals surface area contributed by atoms with E-state index in [0.29, 0.717) is 19.5 Å². The molecule has 148 valence electrons. The van der Waals surface area contributed by atoms with Gasteiger partial charge < -0.3 is 4.90 Å². The number of hydrogen-bond donors (Lipinski definition) is 0. The number of nitrogens with zero attached hydrogens (tertiary/aromatic N) is 2. The molecule has 2 aliphatic heterocycles. The van der Waals surface area contributed by atoms with Crippen LogP contribution in [0.25, 0.3) is 5.57 Å². The van der Waals surface area contributed by atoms with Gasteiger partial charge in [-0.1, -0.05) is 66.8 Å². The number of amides is 2. The van der Waals surface area contributed by atoms with Crippen molar-refractivity contribution >= 4 is 23.6 Å². The Morgan fingerprint density at radius 3 is 2.60 bits per heavy atom. The SMILES string of the molecule is Cc1cc(CC(=O)N2Cc3ccccc3C2)ccc1C1=C2C=CC=CC2C(=O)N=C1. The molecule has 0 bridgehead atoms. The van der Waals surface area contributed by atoms with E-state index in [2.05, 4.69) is 23.2 Å². The van der Waals surface area contributed by atoms with Crippen LogP contribution in [0.1, 0.15) is 27.8 Å². The van der Waals surface area contributed by atoms with E-state index in [1.807, 2.05) is 60.4 Å². The van der Waals surface area contributed by atoms with E-state index in [1.54, 1.807) is 6.21 Å². The van der Waals surface area contributed by atoms with E-state index in [-0.39, 0.29) is 17.7 Å². The summed E-state index contributed by atoms with van der Waals surface area (Å²) >= 11 is 0. The van der Waals surface area contributed by atoms with Gasteiger partial charge in [-0.05, 0) is 40.3 Å². The second kappa shape index (κ2) is 7.38. The summed E-state index contributed by atoms with van der Waals surface area (Å²) in [5, 5.41) is 0. The van der Waals surface area contributed by atoms with Gasteiger partial charge in [0.1, 0.15) is 0 Å². The molecule has 0 saturated heterocycles. The molecule has 0 N–H and O–H groups in total. The lowest BCUT2D eigenvalue weighted by Gasteiger charge is -2.22. The summed E-state index contributed by atoms with van der Waals surface area (Å²) in [4.78, 5) is 31.0. The number of carbonyl (C=O) groups is 2. The van der Waals surface area contributed by atoms with Crippen molar-refractivity contribution in [3.05, 3.63) is 100 Å². The Bertz CT molecular complexity index is 1160. The Balaban J connectivity index is 1.36. The third kappa shape index (κ3) is 3.24. The average Bonchev–Trinajstić information content (AvgIpc) is 3.20. The van der Waals surface area contributed by atoms with Crippen LogP contribution in [0.5, 0.6) is 0 Å². The topological polar surface area (TPSA) is 49.7 Å². The second-order valence-corrected chi connectivity index (χ2v) is 8.03. The Morgan fingerprint density at radius 1 is 1.10 bits per heavy atom. The quantitative estimate of drug-likeness (QED) is 0.784. The Kier molecular flexibility index (Phi) is 4.55. The van der Waals surface area contributed by atoms with Crippen molar-refractivity contribution in [2.75, 3.05) is 0 Å². The molecule has 4 nitrogen and oxygen atoms in total. The summed E-state index contributed by atoms with van der Waals surface area (Å²) in [6.07, 6.45) is 9.79. The third-order valence-electron chi connectivity index (χ3n) is 6.05. The summed E-state index contributed by atoms with van der Waals surface area (Å²) < 4.78 is 0. The maximum Gasteiger partial charge on any atom is 0.257 e. The number of aliphatic imine (C=N–C) groups is 1. The van der Waals surface area contributed by atoms with Crippen LogP contribution in [-0.2, 0) is 29.1 Å². The highest BCUT2D eigenvalue weighted by molar-refractivity contribution is 6.19. The number of allylic oxidation sites excluding steroid dienone is 4. The average molecular weight is 394 g/mol. The van der Waals surface area contributed by atoms with Crippen LogP contribution in [0, 0.1) is 12.8 Å². The molecular weight excluding hydrogens is 372 g/mol. The van der Waals surface area contributed by atoms with Crippen molar-refractivity contribution < 1.29 is 9.59 Å². The van der Waals surface area contributed by atoms with Gasteiger partial charge in [0.2, 0.25) is 5.91 Å². The number of benzene rings is 2. The fourth-order valence-electron chi connectivity index (χ4n) is 4.46. The minimum absolute atomic E-state index is 0.124. The molecule has 0 fully saturated rings. The van der Waals surface area contributed by atoms with Crippen LogP contribution in [0.2, 0.25) is 0 Å². The minimum Gasteiger partial charge on any atom is -0.334 e. The maximum absolute atomic E-state index is 12.8. The standard InChI is InChI=1S/C26H22N2O2/c1-17-12-18(13-25(29)28-15-19-6-2-3-7-20(19)16-28)10-11-21(17)24-14-27-26(30)23-9-5-4-8-22(23)24/h2-12,14,23H,13,15-16H2,1H3. The largest absolute Gasteiger partial charge is 0.334 e. The smallest absolute Gasteiger partial charge is 0.257 e. The van der Waals surface area contributed by atoms with Crippen molar-refractivity contribution in [2.24, 2.45) is 10.9 Å². The molecule has 0 saturated carbocycles. The molecule has 1 aliphatic carbocycles. The van der Waals surface area contributed by atoms with Gasteiger partial charge in [-0.2, -0.15) is 0 Å². The maximum atomic E-state index is 12.8. The Hall–Kier alpha value is -3.53. The molecule has 1 unspecified atom stereocenters. The number of rotatable bonds is 3. The Labute approximate surface area is 175 Å². The third-order valence-corrected chi connectivity index (χ3v) is 6.05. The first-order valence-corrected chi connectivity index (χ1v) is 10.2. The van der Waals surface area contributed by atoms with Gasteiger partial charge in [0, 0.05) is 24.9 Å². The predicted molar refractivity (Wildman–Crippen MR) is 118 cm³/mol. The first-order chi connectivity index (χ1) is 14.6. The number of dihydropyridines is 1. The molecule has 2 aromatic carbocycles. The summed E-state index contributed by atoms with van der Waals surface area (Å²) in [7, 11) is 0. The Morgan fingerprint density at radius 2 is 1.87 bits per heavy atom. The van der Waals surface area contributed by atoms with Gasteiger partial charge >= 0.3 is 0 Å². The van der Waals surface area contributed by atoms with E-state index < -0.39 is 0 Å². The van der Waals surface area contributed by atoms with Crippen LogP contribution in [0.15, 0.2) is 77.3 Å². The molecule has 0 spiro atoms. The summed E-state index contributed by atoms with van der Waals surface area (Å²) in [6.45, 7) is 3.42. The molecular formula is C26H22N2O2. The van der Waals surface area contributed by atoms with Gasteiger partial charge in [0.05, 0.1) is 12.3 Å². The summed E-state index contributed by atoms with van der Waals surface area (Å²) in [5.41, 5.74) is 7.57. The number of carbonyl (C=O) groups excluding carboxylic acids is 2. The molecule has 0 aromatic heterocycles. The molecule has 2 aromatic rings. The molecule has 2 heterocycles. The second-order valence-electron chi connectivity index (χ2n) is 8.03. The highest BCUT2D eigenvalue weighted by atomic mass is 16.2. The lowest BCUT2D eigenvalue weighted by molar-refractivity contribution is -0.131. The lowest BCUT2D eigenvalue weighted by atomic mass is 9.84. The molecule has 2 amide bonds. The summed E-state index contributed by atoms with van der Waals surface area (Å²) in [6, 6.07) is 14.4. The zero-order valence-corrected chi connectivity index (χ0v) is 16.8. The van der Waals surface area contributed by atoms with Crippen LogP contribution >= 0.6 is 0 Å². The lowest BCUT2D eigenvalue weighted by Crippen LogP contribution is -2.27. The van der Waals surface area contributed by atoms with Crippen molar-refractivity contribution in [3.8, 4) is 0 Å². The van der Waals surface area contributed by atoms with Crippen molar-refractivity contribution in [3.63, 3.8) is 0 Å². The summed E-state index contributed by atoms with van der Waals surface area (Å²) in [5.74, 6) is -0.279. The highest BCUT2D eigenvalue weighted by Crippen LogP contribution is 2.33. The van der Waals surface area contributed by atoms with Crippen molar-refractivity contribution in [1.29, 1.82) is 0 Å².